The highest BCUT2D eigenvalue weighted by molar-refractivity contribution is 7.16. The first-order chi connectivity index (χ1) is 9.40. The molecule has 1 fully saturated rings. The van der Waals surface area contributed by atoms with Gasteiger partial charge in [0, 0.05) is 11.5 Å². The molecule has 1 aliphatic heterocycles. The van der Waals surface area contributed by atoms with Crippen LogP contribution < -0.4 is 10.6 Å². The Morgan fingerprint density at radius 2 is 2.10 bits per heavy atom. The normalized spacial score (nSPS) is 21.8. The van der Waals surface area contributed by atoms with Crippen molar-refractivity contribution >= 4 is 28.3 Å². The van der Waals surface area contributed by atoms with E-state index < -0.39 is 12.0 Å². The van der Waals surface area contributed by atoms with E-state index in [-0.39, 0.29) is 17.7 Å². The van der Waals surface area contributed by atoms with Gasteiger partial charge in [0.1, 0.15) is 5.00 Å². The predicted octanol–water partition coefficient (Wildman–Crippen LogP) is 2.36. The second kappa shape index (κ2) is 5.80. The van der Waals surface area contributed by atoms with Gasteiger partial charge in [-0.3, -0.25) is 5.32 Å². The van der Waals surface area contributed by atoms with Gasteiger partial charge < -0.3 is 15.2 Å². The van der Waals surface area contributed by atoms with Crippen LogP contribution in [-0.4, -0.2) is 35.9 Å². The van der Waals surface area contributed by atoms with Gasteiger partial charge in [-0.15, -0.1) is 11.3 Å². The van der Waals surface area contributed by atoms with Crippen LogP contribution in [0.4, 0.5) is 9.80 Å². The minimum Gasteiger partial charge on any atom is -0.478 e. The molecule has 110 valence electrons. The fourth-order valence-corrected chi connectivity index (χ4v) is 3.25. The molecule has 6 nitrogen and oxygen atoms in total. The summed E-state index contributed by atoms with van der Waals surface area (Å²) in [5.74, 6) is -1.03. The molecule has 1 saturated heterocycles. The zero-order valence-corrected chi connectivity index (χ0v) is 12.5. The number of urea groups is 1. The highest BCUT2D eigenvalue weighted by Crippen LogP contribution is 2.32. The molecule has 7 heteroatoms. The minimum atomic E-state index is -1.03. The van der Waals surface area contributed by atoms with Gasteiger partial charge in [-0.2, -0.15) is 0 Å². The lowest BCUT2D eigenvalue weighted by Gasteiger charge is -2.16. The van der Waals surface area contributed by atoms with E-state index in [9.17, 15) is 14.7 Å². The standard InChI is InChI=1S/C13H18N2O4S/c1-6-8(3)20-11(10(6)12(16)17)15-13(18)14-9-4-5-19-7(9)2/h7,9H,4-5H2,1-3H3,(H,16,17)(H2,14,15,18). The molecule has 2 unspecified atom stereocenters. The van der Waals surface area contributed by atoms with Gasteiger partial charge in [-0.05, 0) is 32.8 Å². The Balaban J connectivity index is 2.08. The molecular weight excluding hydrogens is 280 g/mol. The molecule has 20 heavy (non-hydrogen) atoms. The Hall–Kier alpha value is -1.60. The highest BCUT2D eigenvalue weighted by Gasteiger charge is 2.27. The average molecular weight is 298 g/mol. The van der Waals surface area contributed by atoms with Crippen LogP contribution in [0.25, 0.3) is 0 Å². The first-order valence-electron chi connectivity index (χ1n) is 6.42. The summed E-state index contributed by atoms with van der Waals surface area (Å²) in [4.78, 5) is 24.1. The number of ether oxygens (including phenoxy) is 1. The number of carbonyl (C=O) groups excluding carboxylic acids is 1. The van der Waals surface area contributed by atoms with Crippen molar-refractivity contribution in [3.05, 3.63) is 16.0 Å². The van der Waals surface area contributed by atoms with E-state index in [1.54, 1.807) is 6.92 Å². The van der Waals surface area contributed by atoms with Gasteiger partial charge in [0.05, 0.1) is 17.7 Å². The molecule has 2 rings (SSSR count). The second-order valence-electron chi connectivity index (χ2n) is 4.86. The van der Waals surface area contributed by atoms with Crippen molar-refractivity contribution < 1.29 is 19.4 Å². The summed E-state index contributed by atoms with van der Waals surface area (Å²) in [5.41, 5.74) is 0.855. The van der Waals surface area contributed by atoms with Crippen LogP contribution in [-0.2, 0) is 4.74 Å². The maximum Gasteiger partial charge on any atom is 0.338 e. The molecule has 0 aromatic carbocycles. The van der Waals surface area contributed by atoms with Crippen LogP contribution in [0.2, 0.25) is 0 Å². The summed E-state index contributed by atoms with van der Waals surface area (Å²) in [6.07, 6.45) is 0.745. The van der Waals surface area contributed by atoms with Crippen molar-refractivity contribution in [3.63, 3.8) is 0 Å². The van der Waals surface area contributed by atoms with Crippen molar-refractivity contribution in [3.8, 4) is 0 Å². The molecule has 1 aromatic rings. The molecule has 2 amide bonds. The van der Waals surface area contributed by atoms with Crippen LogP contribution in [0.15, 0.2) is 0 Å². The van der Waals surface area contributed by atoms with Crippen LogP contribution in [0.1, 0.15) is 34.1 Å². The largest absolute Gasteiger partial charge is 0.478 e. The van der Waals surface area contributed by atoms with Gasteiger partial charge in [0.15, 0.2) is 0 Å². The summed E-state index contributed by atoms with van der Waals surface area (Å²) < 4.78 is 5.37. The van der Waals surface area contributed by atoms with Gasteiger partial charge in [0.2, 0.25) is 0 Å². The summed E-state index contributed by atoms with van der Waals surface area (Å²) >= 11 is 1.27. The van der Waals surface area contributed by atoms with E-state index in [0.29, 0.717) is 17.2 Å². The number of thiophene rings is 1. The minimum absolute atomic E-state index is 0.0218. The molecule has 2 atom stereocenters. The number of amides is 2. The van der Waals surface area contributed by atoms with E-state index in [1.807, 2.05) is 13.8 Å². The summed E-state index contributed by atoms with van der Waals surface area (Å²) in [5, 5.41) is 15.0. The van der Waals surface area contributed by atoms with Gasteiger partial charge >= 0.3 is 12.0 Å². The first kappa shape index (κ1) is 14.8. The smallest absolute Gasteiger partial charge is 0.338 e. The molecule has 0 radical (unpaired) electrons. The SMILES string of the molecule is Cc1sc(NC(=O)NC2CCOC2C)c(C(=O)O)c1C. The fraction of sp³-hybridized carbons (Fsp3) is 0.538. The summed E-state index contributed by atoms with van der Waals surface area (Å²) in [6.45, 7) is 6.11. The van der Waals surface area contributed by atoms with Crippen molar-refractivity contribution in [1.29, 1.82) is 0 Å². The maximum absolute atomic E-state index is 11.9. The third-order valence-corrected chi connectivity index (χ3v) is 4.64. The average Bonchev–Trinajstić information content (AvgIpc) is 2.85. The molecule has 0 saturated carbocycles. The van der Waals surface area contributed by atoms with Gasteiger partial charge in [0.25, 0.3) is 0 Å². The van der Waals surface area contributed by atoms with Crippen molar-refractivity contribution in [1.82, 2.24) is 5.32 Å². The van der Waals surface area contributed by atoms with Crippen molar-refractivity contribution in [2.75, 3.05) is 11.9 Å². The lowest BCUT2D eigenvalue weighted by Crippen LogP contribution is -2.41. The topological polar surface area (TPSA) is 87.7 Å². The number of carboxylic acid groups (broad SMARTS) is 1. The number of aromatic carboxylic acids is 1. The monoisotopic (exact) mass is 298 g/mol. The first-order valence-corrected chi connectivity index (χ1v) is 7.24. The predicted molar refractivity (Wildman–Crippen MR) is 76.7 cm³/mol. The molecule has 0 aliphatic carbocycles. The molecule has 0 spiro atoms. The summed E-state index contributed by atoms with van der Waals surface area (Å²) in [7, 11) is 0. The third kappa shape index (κ3) is 2.94. The van der Waals surface area contributed by atoms with Gasteiger partial charge in [-0.1, -0.05) is 0 Å². The van der Waals surface area contributed by atoms with E-state index in [2.05, 4.69) is 10.6 Å². The fourth-order valence-electron chi connectivity index (χ4n) is 2.20. The highest BCUT2D eigenvalue weighted by atomic mass is 32.1. The quantitative estimate of drug-likeness (QED) is 0.799. The molecular formula is C13H18N2O4S. The van der Waals surface area contributed by atoms with E-state index in [4.69, 9.17) is 4.74 Å². The van der Waals surface area contributed by atoms with Gasteiger partial charge in [-0.25, -0.2) is 9.59 Å². The number of aryl methyl sites for hydroxylation is 1. The van der Waals surface area contributed by atoms with Crippen LogP contribution >= 0.6 is 11.3 Å². The number of hydrogen-bond acceptors (Lipinski definition) is 4. The second-order valence-corrected chi connectivity index (χ2v) is 6.09. The van der Waals surface area contributed by atoms with E-state index >= 15 is 0 Å². The lowest BCUT2D eigenvalue weighted by molar-refractivity contribution is 0.0697. The molecule has 1 aliphatic rings. The van der Waals surface area contributed by atoms with Crippen molar-refractivity contribution in [2.45, 2.75) is 39.3 Å². The Labute approximate surface area is 121 Å². The van der Waals surface area contributed by atoms with Crippen LogP contribution in [0, 0.1) is 13.8 Å². The number of rotatable bonds is 3. The number of carboxylic acids is 1. The Morgan fingerprint density at radius 3 is 2.65 bits per heavy atom. The Morgan fingerprint density at radius 1 is 1.40 bits per heavy atom. The number of anilines is 1. The summed E-state index contributed by atoms with van der Waals surface area (Å²) in [6, 6.07) is -0.429. The Bertz CT molecular complexity index is 541. The molecule has 2 heterocycles. The number of nitrogens with one attached hydrogen (secondary N) is 2. The molecule has 0 bridgehead atoms. The molecule has 1 aromatic heterocycles. The zero-order valence-electron chi connectivity index (χ0n) is 11.6. The zero-order chi connectivity index (χ0) is 14.9. The van der Waals surface area contributed by atoms with Crippen LogP contribution in [0.3, 0.4) is 0 Å². The third-order valence-electron chi connectivity index (χ3n) is 3.52. The number of carbonyl (C=O) groups is 2. The molecule has 3 N–H and O–H groups in total. The Kier molecular flexibility index (Phi) is 4.29. The van der Waals surface area contributed by atoms with Crippen molar-refractivity contribution in [2.24, 2.45) is 0 Å². The maximum atomic E-state index is 11.9. The van der Waals surface area contributed by atoms with E-state index in [1.165, 1.54) is 11.3 Å². The lowest BCUT2D eigenvalue weighted by atomic mass is 10.1. The van der Waals surface area contributed by atoms with E-state index in [0.717, 1.165) is 11.3 Å². The number of hydrogen-bond donors (Lipinski definition) is 3. The van der Waals surface area contributed by atoms with Crippen LogP contribution in [0.5, 0.6) is 0 Å².